The predicted octanol–water partition coefficient (Wildman–Crippen LogP) is 2.81. The molecule has 3 nitrogen and oxygen atoms in total. The molecule has 0 atom stereocenters. The van der Waals surface area contributed by atoms with Crippen molar-refractivity contribution in [2.24, 2.45) is 5.92 Å². The summed E-state index contributed by atoms with van der Waals surface area (Å²) in [6.07, 6.45) is 0. The van der Waals surface area contributed by atoms with Gasteiger partial charge >= 0.3 is 0 Å². The van der Waals surface area contributed by atoms with Crippen molar-refractivity contribution in [3.05, 3.63) is 29.3 Å². The van der Waals surface area contributed by atoms with Crippen molar-refractivity contribution in [1.82, 2.24) is 5.32 Å². The number of amides is 1. The Balaban J connectivity index is 2.84. The lowest BCUT2D eigenvalue weighted by molar-refractivity contribution is 0.0950. The first-order chi connectivity index (χ1) is 8.04. The molecule has 17 heavy (non-hydrogen) atoms. The summed E-state index contributed by atoms with van der Waals surface area (Å²) >= 11 is 0. The first kappa shape index (κ1) is 13.6. The van der Waals surface area contributed by atoms with E-state index in [1.54, 1.807) is 0 Å². The second-order valence-corrected chi connectivity index (χ2v) is 4.68. The molecule has 0 bridgehead atoms. The Hall–Kier alpha value is -1.51. The molecule has 0 aliphatic carbocycles. The van der Waals surface area contributed by atoms with Gasteiger partial charge in [-0.25, -0.2) is 0 Å². The minimum absolute atomic E-state index is 0.00495. The fourth-order valence-corrected chi connectivity index (χ4v) is 1.58. The molecule has 0 saturated carbocycles. The third kappa shape index (κ3) is 4.10. The molecule has 1 rings (SSSR count). The van der Waals surface area contributed by atoms with E-state index in [0.717, 1.165) is 23.4 Å². The van der Waals surface area contributed by atoms with Crippen LogP contribution in [0.2, 0.25) is 0 Å². The molecule has 0 heterocycles. The van der Waals surface area contributed by atoms with E-state index >= 15 is 0 Å². The normalized spacial score (nSPS) is 10.4. The van der Waals surface area contributed by atoms with E-state index in [4.69, 9.17) is 0 Å². The maximum absolute atomic E-state index is 12.0. The Morgan fingerprint density at radius 1 is 1.35 bits per heavy atom. The molecule has 0 spiro atoms. The third-order valence-corrected chi connectivity index (χ3v) is 2.46. The lowest BCUT2D eigenvalue weighted by Gasteiger charge is -2.13. The number of nitrogens with one attached hydrogen (secondary N) is 2. The van der Waals surface area contributed by atoms with Crippen LogP contribution in [0.25, 0.3) is 0 Å². The predicted molar refractivity (Wildman–Crippen MR) is 72.5 cm³/mol. The Labute approximate surface area is 104 Å². The van der Waals surface area contributed by atoms with E-state index in [1.165, 1.54) is 0 Å². The number of hydrogen-bond donors (Lipinski definition) is 2. The smallest absolute Gasteiger partial charge is 0.253 e. The molecule has 0 fully saturated rings. The van der Waals surface area contributed by atoms with Crippen LogP contribution in [0.4, 0.5) is 5.69 Å². The minimum Gasteiger partial charge on any atom is -0.385 e. The zero-order valence-corrected chi connectivity index (χ0v) is 11.1. The van der Waals surface area contributed by atoms with Gasteiger partial charge in [-0.1, -0.05) is 19.9 Å². The van der Waals surface area contributed by atoms with Crippen LogP contribution in [0, 0.1) is 12.8 Å². The van der Waals surface area contributed by atoms with Crippen molar-refractivity contribution >= 4 is 11.6 Å². The van der Waals surface area contributed by atoms with Crippen molar-refractivity contribution < 1.29 is 4.79 Å². The van der Waals surface area contributed by atoms with Crippen molar-refractivity contribution in [3.8, 4) is 0 Å². The third-order valence-electron chi connectivity index (χ3n) is 2.46. The average Bonchev–Trinajstić information content (AvgIpc) is 2.26. The zero-order chi connectivity index (χ0) is 12.8. The number of carbonyl (C=O) groups is 1. The topological polar surface area (TPSA) is 41.1 Å². The van der Waals surface area contributed by atoms with E-state index in [-0.39, 0.29) is 5.91 Å². The van der Waals surface area contributed by atoms with Crippen molar-refractivity contribution in [2.75, 3.05) is 18.4 Å². The van der Waals surface area contributed by atoms with Gasteiger partial charge in [-0.3, -0.25) is 4.79 Å². The van der Waals surface area contributed by atoms with Gasteiger partial charge in [0, 0.05) is 18.8 Å². The van der Waals surface area contributed by atoms with E-state index < -0.39 is 0 Å². The Morgan fingerprint density at radius 3 is 2.65 bits per heavy atom. The van der Waals surface area contributed by atoms with Crippen molar-refractivity contribution in [3.63, 3.8) is 0 Å². The molecule has 0 aliphatic rings. The highest BCUT2D eigenvalue weighted by Gasteiger charge is 2.10. The fraction of sp³-hybridized carbons (Fsp3) is 0.500. The summed E-state index contributed by atoms with van der Waals surface area (Å²) in [6.45, 7) is 9.74. The quantitative estimate of drug-likeness (QED) is 0.822. The SMILES string of the molecule is CCNc1cc(C)ccc1C(=O)NCC(C)C. The highest BCUT2D eigenvalue weighted by atomic mass is 16.1. The van der Waals surface area contributed by atoms with Gasteiger partial charge in [0.25, 0.3) is 5.91 Å². The lowest BCUT2D eigenvalue weighted by Crippen LogP contribution is -2.28. The van der Waals surface area contributed by atoms with Gasteiger partial charge in [0.15, 0.2) is 0 Å². The zero-order valence-electron chi connectivity index (χ0n) is 11.1. The highest BCUT2D eigenvalue weighted by Crippen LogP contribution is 2.17. The van der Waals surface area contributed by atoms with E-state index in [1.807, 2.05) is 32.0 Å². The summed E-state index contributed by atoms with van der Waals surface area (Å²) in [4.78, 5) is 12.0. The summed E-state index contributed by atoms with van der Waals surface area (Å²) in [6, 6.07) is 5.85. The van der Waals surface area contributed by atoms with Gasteiger partial charge in [0.1, 0.15) is 0 Å². The van der Waals surface area contributed by atoms with Crippen LogP contribution in [0.5, 0.6) is 0 Å². The molecule has 1 aromatic rings. The average molecular weight is 234 g/mol. The van der Waals surface area contributed by atoms with E-state index in [2.05, 4.69) is 24.5 Å². The largest absolute Gasteiger partial charge is 0.385 e. The van der Waals surface area contributed by atoms with Crippen molar-refractivity contribution in [1.29, 1.82) is 0 Å². The molecule has 2 N–H and O–H groups in total. The number of hydrogen-bond acceptors (Lipinski definition) is 2. The molecule has 94 valence electrons. The van der Waals surface area contributed by atoms with Crippen molar-refractivity contribution in [2.45, 2.75) is 27.7 Å². The monoisotopic (exact) mass is 234 g/mol. The maximum atomic E-state index is 12.0. The van der Waals surface area contributed by atoms with Crippen LogP contribution >= 0.6 is 0 Å². The molecule has 1 amide bonds. The number of rotatable bonds is 5. The first-order valence-corrected chi connectivity index (χ1v) is 6.17. The molecule has 0 radical (unpaired) electrons. The molecule has 1 aromatic carbocycles. The van der Waals surface area contributed by atoms with Crippen LogP contribution < -0.4 is 10.6 Å². The molecule has 0 aromatic heterocycles. The molecule has 3 heteroatoms. The van der Waals surface area contributed by atoms with Crippen LogP contribution in [-0.4, -0.2) is 19.0 Å². The first-order valence-electron chi connectivity index (χ1n) is 6.17. The van der Waals surface area contributed by atoms with Gasteiger partial charge in [-0.15, -0.1) is 0 Å². The summed E-state index contributed by atoms with van der Waals surface area (Å²) < 4.78 is 0. The van der Waals surface area contributed by atoms with Gasteiger partial charge < -0.3 is 10.6 Å². The number of carbonyl (C=O) groups excluding carboxylic acids is 1. The number of benzene rings is 1. The number of aryl methyl sites for hydroxylation is 1. The second kappa shape index (κ2) is 6.28. The van der Waals surface area contributed by atoms with Gasteiger partial charge in [-0.2, -0.15) is 0 Å². The van der Waals surface area contributed by atoms with Crippen LogP contribution in [0.15, 0.2) is 18.2 Å². The van der Waals surface area contributed by atoms with Crippen LogP contribution in [0.3, 0.4) is 0 Å². The van der Waals surface area contributed by atoms with Gasteiger partial charge in [-0.05, 0) is 37.5 Å². The lowest BCUT2D eigenvalue weighted by atomic mass is 10.1. The minimum atomic E-state index is -0.00495. The molecule has 0 unspecified atom stereocenters. The van der Waals surface area contributed by atoms with Gasteiger partial charge in [0.2, 0.25) is 0 Å². The number of anilines is 1. The Kier molecular flexibility index (Phi) is 5.01. The summed E-state index contributed by atoms with van der Waals surface area (Å²) in [5, 5.41) is 6.16. The summed E-state index contributed by atoms with van der Waals surface area (Å²) in [5.74, 6) is 0.460. The van der Waals surface area contributed by atoms with E-state index in [9.17, 15) is 4.79 Å². The molecular formula is C14H22N2O. The van der Waals surface area contributed by atoms with E-state index in [0.29, 0.717) is 12.5 Å². The molecular weight excluding hydrogens is 212 g/mol. The second-order valence-electron chi connectivity index (χ2n) is 4.68. The molecule has 0 saturated heterocycles. The fourth-order valence-electron chi connectivity index (χ4n) is 1.58. The summed E-state index contributed by atoms with van der Waals surface area (Å²) in [5.41, 5.74) is 2.79. The molecule has 0 aliphatic heterocycles. The van der Waals surface area contributed by atoms with Gasteiger partial charge in [0.05, 0.1) is 5.56 Å². The standard InChI is InChI=1S/C14H22N2O/c1-5-15-13-8-11(4)6-7-12(13)14(17)16-9-10(2)3/h6-8,10,15H,5,9H2,1-4H3,(H,16,17). The van der Waals surface area contributed by atoms with Crippen LogP contribution in [-0.2, 0) is 0 Å². The highest BCUT2D eigenvalue weighted by molar-refractivity contribution is 5.99. The Morgan fingerprint density at radius 2 is 2.06 bits per heavy atom. The van der Waals surface area contributed by atoms with Crippen LogP contribution in [0.1, 0.15) is 36.7 Å². The maximum Gasteiger partial charge on any atom is 0.253 e. The Bertz CT molecular complexity index is 386. The summed E-state index contributed by atoms with van der Waals surface area (Å²) in [7, 11) is 0.